The van der Waals surface area contributed by atoms with Crippen LogP contribution in [0.4, 0.5) is 0 Å². The van der Waals surface area contributed by atoms with Crippen molar-refractivity contribution in [3.05, 3.63) is 71.4 Å². The van der Waals surface area contributed by atoms with Crippen LogP contribution in [0.1, 0.15) is 35.9 Å². The molecule has 1 heterocycles. The molecule has 112 valence electrons. The van der Waals surface area contributed by atoms with Crippen LogP contribution in [-0.2, 0) is 6.42 Å². The molecule has 4 nitrogen and oxygen atoms in total. The Morgan fingerprint density at radius 3 is 2.45 bits per heavy atom. The lowest BCUT2D eigenvalue weighted by Crippen LogP contribution is -2.04. The Labute approximate surface area is 130 Å². The molecule has 0 aliphatic rings. The number of benzene rings is 2. The van der Waals surface area contributed by atoms with Gasteiger partial charge in [-0.1, -0.05) is 42.5 Å². The van der Waals surface area contributed by atoms with Gasteiger partial charge < -0.3 is 10.2 Å². The van der Waals surface area contributed by atoms with Crippen molar-refractivity contribution in [2.75, 3.05) is 0 Å². The highest BCUT2D eigenvalue weighted by molar-refractivity contribution is 5.64. The van der Waals surface area contributed by atoms with Gasteiger partial charge in [-0.05, 0) is 35.2 Å². The van der Waals surface area contributed by atoms with Gasteiger partial charge in [-0.3, -0.25) is 0 Å². The number of rotatable bonds is 4. The van der Waals surface area contributed by atoms with Gasteiger partial charge in [-0.25, -0.2) is 0 Å². The quantitative estimate of drug-likeness (QED) is 0.797. The topological polar surface area (TPSA) is 64.9 Å². The number of hydrogen-bond acceptors (Lipinski definition) is 4. The fourth-order valence-corrected chi connectivity index (χ4v) is 2.40. The molecule has 1 atom stereocenters. The van der Waals surface area contributed by atoms with E-state index in [-0.39, 0.29) is 6.04 Å². The summed E-state index contributed by atoms with van der Waals surface area (Å²) in [5.74, 6) is 1.24. The van der Waals surface area contributed by atoms with Crippen LogP contribution < -0.4 is 5.73 Å². The Morgan fingerprint density at radius 2 is 1.82 bits per heavy atom. The molecule has 4 heteroatoms. The van der Waals surface area contributed by atoms with Gasteiger partial charge in [0.25, 0.3) is 0 Å². The molecule has 0 amide bonds. The average molecular weight is 293 g/mol. The highest BCUT2D eigenvalue weighted by Crippen LogP contribution is 2.23. The van der Waals surface area contributed by atoms with Crippen molar-refractivity contribution < 1.29 is 4.42 Å². The van der Waals surface area contributed by atoms with Gasteiger partial charge in [0.05, 0.1) is 6.42 Å². The predicted molar refractivity (Wildman–Crippen MR) is 86.3 cm³/mol. The van der Waals surface area contributed by atoms with E-state index in [0.717, 1.165) is 11.1 Å². The second kappa shape index (κ2) is 6.12. The van der Waals surface area contributed by atoms with Crippen molar-refractivity contribution in [3.8, 4) is 11.1 Å². The number of aromatic nitrogens is 2. The second-order valence-electron chi connectivity index (χ2n) is 5.50. The molecule has 0 spiro atoms. The van der Waals surface area contributed by atoms with E-state index >= 15 is 0 Å². The zero-order valence-corrected chi connectivity index (χ0v) is 12.8. The summed E-state index contributed by atoms with van der Waals surface area (Å²) in [7, 11) is 0. The van der Waals surface area contributed by atoms with Crippen molar-refractivity contribution in [2.24, 2.45) is 5.73 Å². The van der Waals surface area contributed by atoms with E-state index in [1.165, 1.54) is 11.1 Å². The summed E-state index contributed by atoms with van der Waals surface area (Å²) in [6.07, 6.45) is 0.654. The van der Waals surface area contributed by atoms with Crippen LogP contribution in [0.2, 0.25) is 0 Å². The Bertz CT molecular complexity index is 760. The van der Waals surface area contributed by atoms with Crippen LogP contribution in [0, 0.1) is 6.92 Å². The molecule has 22 heavy (non-hydrogen) atoms. The SMILES string of the molecule is Cc1nnc(Cc2ccc(-c3cccc(C(C)N)c3)cc2)o1. The maximum absolute atomic E-state index is 5.95. The summed E-state index contributed by atoms with van der Waals surface area (Å²) >= 11 is 0. The molecule has 3 aromatic rings. The number of nitrogens with zero attached hydrogens (tertiary/aromatic N) is 2. The Hall–Kier alpha value is -2.46. The third-order valence-electron chi connectivity index (χ3n) is 3.62. The minimum atomic E-state index is 0.0417. The first-order valence-corrected chi connectivity index (χ1v) is 7.35. The normalized spacial score (nSPS) is 12.3. The summed E-state index contributed by atoms with van der Waals surface area (Å²) in [5, 5.41) is 7.87. The molecule has 0 aliphatic carbocycles. The van der Waals surface area contributed by atoms with Crippen molar-refractivity contribution in [2.45, 2.75) is 26.3 Å². The lowest BCUT2D eigenvalue weighted by molar-refractivity contribution is 0.477. The van der Waals surface area contributed by atoms with Crippen LogP contribution in [0.5, 0.6) is 0 Å². The molecular formula is C18H19N3O. The van der Waals surface area contributed by atoms with Gasteiger partial charge in [0.1, 0.15) is 0 Å². The standard InChI is InChI=1S/C18H19N3O/c1-12(19)16-4-3-5-17(11-16)15-8-6-14(7-9-15)10-18-21-20-13(2)22-18/h3-9,11-12H,10,19H2,1-2H3. The molecule has 1 unspecified atom stereocenters. The first-order valence-electron chi connectivity index (χ1n) is 7.35. The summed E-state index contributed by atoms with van der Waals surface area (Å²) in [6.45, 7) is 3.79. The van der Waals surface area contributed by atoms with Crippen molar-refractivity contribution in [1.29, 1.82) is 0 Å². The minimum absolute atomic E-state index is 0.0417. The Morgan fingerprint density at radius 1 is 1.05 bits per heavy atom. The molecule has 2 aromatic carbocycles. The molecule has 2 N–H and O–H groups in total. The Balaban J connectivity index is 1.80. The van der Waals surface area contributed by atoms with Crippen molar-refractivity contribution >= 4 is 0 Å². The predicted octanol–water partition coefficient (Wildman–Crippen LogP) is 3.66. The molecule has 3 rings (SSSR count). The van der Waals surface area contributed by atoms with E-state index in [9.17, 15) is 0 Å². The van der Waals surface area contributed by atoms with Crippen LogP contribution >= 0.6 is 0 Å². The third-order valence-corrected chi connectivity index (χ3v) is 3.62. The molecule has 0 saturated carbocycles. The van der Waals surface area contributed by atoms with Gasteiger partial charge in [0.15, 0.2) is 0 Å². The summed E-state index contributed by atoms with van der Waals surface area (Å²) in [4.78, 5) is 0. The van der Waals surface area contributed by atoms with Gasteiger partial charge >= 0.3 is 0 Å². The van der Waals surface area contributed by atoms with E-state index in [2.05, 4.69) is 52.7 Å². The van der Waals surface area contributed by atoms with Gasteiger partial charge in [-0.15, -0.1) is 10.2 Å². The fraction of sp³-hybridized carbons (Fsp3) is 0.222. The van der Waals surface area contributed by atoms with E-state index in [0.29, 0.717) is 18.2 Å². The largest absolute Gasteiger partial charge is 0.425 e. The summed E-state index contributed by atoms with van der Waals surface area (Å²) < 4.78 is 5.41. The van der Waals surface area contributed by atoms with Crippen LogP contribution in [0.25, 0.3) is 11.1 Å². The molecule has 1 aromatic heterocycles. The zero-order chi connectivity index (χ0) is 15.5. The van der Waals surface area contributed by atoms with E-state index < -0.39 is 0 Å². The van der Waals surface area contributed by atoms with Crippen LogP contribution in [0.3, 0.4) is 0 Å². The summed E-state index contributed by atoms with van der Waals surface area (Å²) in [6, 6.07) is 16.8. The lowest BCUT2D eigenvalue weighted by Gasteiger charge is -2.09. The molecule has 0 radical (unpaired) electrons. The number of hydrogen-bond donors (Lipinski definition) is 1. The number of aryl methyl sites for hydroxylation is 1. The maximum Gasteiger partial charge on any atom is 0.220 e. The highest BCUT2D eigenvalue weighted by Gasteiger charge is 2.06. The monoisotopic (exact) mass is 293 g/mol. The molecule has 0 saturated heterocycles. The van der Waals surface area contributed by atoms with Crippen molar-refractivity contribution in [3.63, 3.8) is 0 Å². The van der Waals surface area contributed by atoms with Gasteiger partial charge in [0, 0.05) is 13.0 Å². The average Bonchev–Trinajstić information content (AvgIpc) is 2.93. The molecule has 0 bridgehead atoms. The number of nitrogens with two attached hydrogens (primary N) is 1. The van der Waals surface area contributed by atoms with Gasteiger partial charge in [0.2, 0.25) is 11.8 Å². The zero-order valence-electron chi connectivity index (χ0n) is 12.8. The first kappa shape index (κ1) is 14.5. The lowest BCUT2D eigenvalue weighted by atomic mass is 9.99. The smallest absolute Gasteiger partial charge is 0.220 e. The minimum Gasteiger partial charge on any atom is -0.425 e. The van der Waals surface area contributed by atoms with E-state index in [1.54, 1.807) is 6.92 Å². The van der Waals surface area contributed by atoms with Crippen molar-refractivity contribution in [1.82, 2.24) is 10.2 Å². The highest BCUT2D eigenvalue weighted by atomic mass is 16.4. The Kier molecular flexibility index (Phi) is 4.02. The van der Waals surface area contributed by atoms with Crippen LogP contribution in [0.15, 0.2) is 52.9 Å². The fourth-order valence-electron chi connectivity index (χ4n) is 2.40. The molecular weight excluding hydrogens is 274 g/mol. The second-order valence-corrected chi connectivity index (χ2v) is 5.50. The summed E-state index contributed by atoms with van der Waals surface area (Å²) in [5.41, 5.74) is 10.6. The van der Waals surface area contributed by atoms with E-state index in [4.69, 9.17) is 10.2 Å². The van der Waals surface area contributed by atoms with Gasteiger partial charge in [-0.2, -0.15) is 0 Å². The molecule has 0 fully saturated rings. The first-order chi connectivity index (χ1) is 10.6. The maximum atomic E-state index is 5.95. The third kappa shape index (κ3) is 3.23. The molecule has 0 aliphatic heterocycles. The van der Waals surface area contributed by atoms with Crippen LogP contribution in [-0.4, -0.2) is 10.2 Å². The van der Waals surface area contributed by atoms with E-state index in [1.807, 2.05) is 13.0 Å².